The van der Waals surface area contributed by atoms with Crippen LogP contribution in [-0.4, -0.2) is 22.9 Å². The standard InChI is InChI=1S/C10H16N2O2/c1-6-7(2)11-12(8(6)3)9(4)10(13)14-5/h9H,1-5H3. The molecule has 0 bridgehead atoms. The highest BCUT2D eigenvalue weighted by atomic mass is 16.5. The molecule has 0 spiro atoms. The Morgan fingerprint density at radius 3 is 2.36 bits per heavy atom. The van der Waals surface area contributed by atoms with E-state index in [2.05, 4.69) is 9.84 Å². The summed E-state index contributed by atoms with van der Waals surface area (Å²) in [5.74, 6) is -0.268. The van der Waals surface area contributed by atoms with Gasteiger partial charge in [0.25, 0.3) is 0 Å². The second-order valence-electron chi connectivity index (χ2n) is 3.44. The molecule has 4 heteroatoms. The number of ether oxygens (including phenoxy) is 1. The zero-order chi connectivity index (χ0) is 10.9. The fourth-order valence-corrected chi connectivity index (χ4v) is 1.39. The third-order valence-electron chi connectivity index (χ3n) is 2.60. The van der Waals surface area contributed by atoms with Crippen molar-refractivity contribution in [2.24, 2.45) is 0 Å². The second-order valence-corrected chi connectivity index (χ2v) is 3.44. The van der Waals surface area contributed by atoms with E-state index >= 15 is 0 Å². The van der Waals surface area contributed by atoms with Gasteiger partial charge in [0.15, 0.2) is 0 Å². The monoisotopic (exact) mass is 196 g/mol. The van der Waals surface area contributed by atoms with Crippen LogP contribution in [0.5, 0.6) is 0 Å². The molecule has 0 saturated heterocycles. The van der Waals surface area contributed by atoms with Crippen LogP contribution < -0.4 is 0 Å². The molecule has 1 aromatic rings. The molecule has 14 heavy (non-hydrogen) atoms. The first-order chi connectivity index (χ1) is 6.49. The van der Waals surface area contributed by atoms with Gasteiger partial charge < -0.3 is 4.74 Å². The zero-order valence-electron chi connectivity index (χ0n) is 9.29. The van der Waals surface area contributed by atoms with E-state index in [0.717, 1.165) is 17.0 Å². The molecule has 0 saturated carbocycles. The number of aromatic nitrogens is 2. The number of nitrogens with zero attached hydrogens (tertiary/aromatic N) is 2. The van der Waals surface area contributed by atoms with E-state index < -0.39 is 0 Å². The minimum absolute atomic E-state index is 0.268. The first-order valence-corrected chi connectivity index (χ1v) is 4.59. The van der Waals surface area contributed by atoms with Crippen LogP contribution in [0.2, 0.25) is 0 Å². The van der Waals surface area contributed by atoms with Crippen LogP contribution in [0.3, 0.4) is 0 Å². The average molecular weight is 196 g/mol. The zero-order valence-corrected chi connectivity index (χ0v) is 9.29. The maximum Gasteiger partial charge on any atom is 0.330 e. The van der Waals surface area contributed by atoms with Crippen molar-refractivity contribution in [3.63, 3.8) is 0 Å². The fraction of sp³-hybridized carbons (Fsp3) is 0.600. The molecule has 4 nitrogen and oxygen atoms in total. The van der Waals surface area contributed by atoms with Crippen molar-refractivity contribution in [1.29, 1.82) is 0 Å². The van der Waals surface area contributed by atoms with Crippen LogP contribution >= 0.6 is 0 Å². The van der Waals surface area contributed by atoms with Crippen molar-refractivity contribution in [2.45, 2.75) is 33.7 Å². The third kappa shape index (κ3) is 1.64. The van der Waals surface area contributed by atoms with Gasteiger partial charge in [-0.3, -0.25) is 4.68 Å². The third-order valence-corrected chi connectivity index (χ3v) is 2.60. The average Bonchev–Trinajstić information content (AvgIpc) is 2.43. The largest absolute Gasteiger partial charge is 0.467 e. The van der Waals surface area contributed by atoms with E-state index in [0.29, 0.717) is 0 Å². The van der Waals surface area contributed by atoms with Crippen molar-refractivity contribution in [3.8, 4) is 0 Å². The van der Waals surface area contributed by atoms with Gasteiger partial charge in [-0.05, 0) is 33.3 Å². The van der Waals surface area contributed by atoms with Crippen molar-refractivity contribution >= 4 is 5.97 Å². The highest BCUT2D eigenvalue weighted by molar-refractivity contribution is 5.73. The lowest BCUT2D eigenvalue weighted by atomic mass is 10.2. The van der Waals surface area contributed by atoms with Gasteiger partial charge in [0, 0.05) is 5.69 Å². The Bertz CT molecular complexity index is 355. The summed E-state index contributed by atoms with van der Waals surface area (Å²) in [6, 6.07) is -0.354. The summed E-state index contributed by atoms with van der Waals surface area (Å²) >= 11 is 0. The van der Waals surface area contributed by atoms with Crippen molar-refractivity contribution in [3.05, 3.63) is 17.0 Å². The van der Waals surface area contributed by atoms with E-state index in [9.17, 15) is 4.79 Å². The first kappa shape index (κ1) is 10.8. The molecule has 1 atom stereocenters. The molecular formula is C10H16N2O2. The Morgan fingerprint density at radius 1 is 1.43 bits per heavy atom. The molecule has 0 fully saturated rings. The Kier molecular flexibility index (Phi) is 2.93. The second kappa shape index (κ2) is 3.82. The molecule has 0 aliphatic heterocycles. The van der Waals surface area contributed by atoms with Crippen LogP contribution in [-0.2, 0) is 9.53 Å². The molecule has 0 N–H and O–H groups in total. The van der Waals surface area contributed by atoms with Crippen molar-refractivity contribution in [1.82, 2.24) is 9.78 Å². The van der Waals surface area contributed by atoms with Crippen molar-refractivity contribution < 1.29 is 9.53 Å². The summed E-state index contributed by atoms with van der Waals surface area (Å²) in [4.78, 5) is 11.3. The molecule has 0 amide bonds. The molecule has 1 unspecified atom stereocenters. The maximum atomic E-state index is 11.3. The van der Waals surface area contributed by atoms with Gasteiger partial charge in [-0.2, -0.15) is 5.10 Å². The Hall–Kier alpha value is -1.32. The smallest absolute Gasteiger partial charge is 0.330 e. The summed E-state index contributed by atoms with van der Waals surface area (Å²) < 4.78 is 6.38. The predicted octanol–water partition coefficient (Wildman–Crippen LogP) is 1.54. The van der Waals surface area contributed by atoms with E-state index in [-0.39, 0.29) is 12.0 Å². The highest BCUT2D eigenvalue weighted by Gasteiger charge is 2.19. The van der Waals surface area contributed by atoms with Crippen LogP contribution in [0, 0.1) is 20.8 Å². The summed E-state index contributed by atoms with van der Waals surface area (Å²) in [5, 5.41) is 4.29. The molecule has 1 aromatic heterocycles. The van der Waals surface area contributed by atoms with Crippen LogP contribution in [0.15, 0.2) is 0 Å². The van der Waals surface area contributed by atoms with E-state index in [1.807, 2.05) is 20.8 Å². The quantitative estimate of drug-likeness (QED) is 0.674. The normalized spacial score (nSPS) is 12.6. The van der Waals surface area contributed by atoms with Crippen LogP contribution in [0.1, 0.15) is 29.9 Å². The summed E-state index contributed by atoms with van der Waals surface area (Å²) in [7, 11) is 1.39. The van der Waals surface area contributed by atoms with Gasteiger partial charge in [0.2, 0.25) is 0 Å². The lowest BCUT2D eigenvalue weighted by Crippen LogP contribution is -2.20. The fourth-order valence-electron chi connectivity index (χ4n) is 1.39. The number of rotatable bonds is 2. The van der Waals surface area contributed by atoms with Gasteiger partial charge >= 0.3 is 5.97 Å². The molecular weight excluding hydrogens is 180 g/mol. The van der Waals surface area contributed by atoms with Crippen LogP contribution in [0.4, 0.5) is 0 Å². The summed E-state index contributed by atoms with van der Waals surface area (Å²) in [6.07, 6.45) is 0. The summed E-state index contributed by atoms with van der Waals surface area (Å²) in [6.45, 7) is 7.67. The molecule has 0 aromatic carbocycles. The molecule has 0 aliphatic carbocycles. The molecule has 0 radical (unpaired) electrons. The van der Waals surface area contributed by atoms with Crippen LogP contribution in [0.25, 0.3) is 0 Å². The van der Waals surface area contributed by atoms with Gasteiger partial charge in [-0.25, -0.2) is 4.79 Å². The first-order valence-electron chi connectivity index (χ1n) is 4.59. The number of aryl methyl sites for hydroxylation is 1. The SMILES string of the molecule is COC(=O)C(C)n1nc(C)c(C)c1C. The van der Waals surface area contributed by atoms with Gasteiger partial charge in [-0.1, -0.05) is 0 Å². The van der Waals surface area contributed by atoms with Gasteiger partial charge in [0.1, 0.15) is 6.04 Å². The summed E-state index contributed by atoms with van der Waals surface area (Å²) in [5.41, 5.74) is 3.10. The number of carbonyl (C=O) groups excluding carboxylic acids is 1. The maximum absolute atomic E-state index is 11.3. The Labute approximate surface area is 83.9 Å². The van der Waals surface area contributed by atoms with Crippen molar-refractivity contribution in [2.75, 3.05) is 7.11 Å². The van der Waals surface area contributed by atoms with Gasteiger partial charge in [-0.15, -0.1) is 0 Å². The molecule has 1 rings (SSSR count). The lowest BCUT2D eigenvalue weighted by molar-refractivity contribution is -0.144. The number of esters is 1. The lowest BCUT2D eigenvalue weighted by Gasteiger charge is -2.11. The number of carbonyl (C=O) groups is 1. The predicted molar refractivity (Wildman–Crippen MR) is 53.2 cm³/mol. The van der Waals surface area contributed by atoms with Gasteiger partial charge in [0.05, 0.1) is 12.8 Å². The van der Waals surface area contributed by atoms with E-state index in [1.54, 1.807) is 11.6 Å². The Morgan fingerprint density at radius 2 is 2.00 bits per heavy atom. The minimum atomic E-state index is -0.354. The highest BCUT2D eigenvalue weighted by Crippen LogP contribution is 2.16. The molecule has 0 aliphatic rings. The minimum Gasteiger partial charge on any atom is -0.467 e. The number of methoxy groups -OCH3 is 1. The number of hydrogen-bond acceptors (Lipinski definition) is 3. The van der Waals surface area contributed by atoms with E-state index in [1.165, 1.54) is 7.11 Å². The molecule has 78 valence electrons. The van der Waals surface area contributed by atoms with E-state index in [4.69, 9.17) is 0 Å². The Balaban J connectivity index is 3.07. The topological polar surface area (TPSA) is 44.1 Å². The molecule has 1 heterocycles. The number of hydrogen-bond donors (Lipinski definition) is 0.